The molecule has 2 aromatic rings. The van der Waals surface area contributed by atoms with Crippen molar-refractivity contribution in [2.75, 3.05) is 5.32 Å². The topological polar surface area (TPSA) is 29.9 Å². The van der Waals surface area contributed by atoms with E-state index < -0.39 is 0 Å². The number of anilines is 2. The maximum absolute atomic E-state index is 13.7. The van der Waals surface area contributed by atoms with Crippen molar-refractivity contribution in [2.24, 2.45) is 0 Å². The number of benzene rings is 1. The lowest BCUT2D eigenvalue weighted by molar-refractivity contribution is 0.631. The van der Waals surface area contributed by atoms with Crippen molar-refractivity contribution < 1.29 is 4.39 Å². The van der Waals surface area contributed by atoms with Crippen molar-refractivity contribution in [3.8, 4) is 0 Å². The van der Waals surface area contributed by atoms with Gasteiger partial charge in [0.25, 0.3) is 0 Å². The lowest BCUT2D eigenvalue weighted by Crippen LogP contribution is -2.03. The predicted octanol–water partition coefficient (Wildman–Crippen LogP) is 4.06. The zero-order valence-corrected chi connectivity index (χ0v) is 10.7. The van der Waals surface area contributed by atoms with E-state index in [9.17, 15) is 4.39 Å². The summed E-state index contributed by atoms with van der Waals surface area (Å²) in [6.45, 7) is 1.92. The van der Waals surface area contributed by atoms with E-state index in [0.717, 1.165) is 18.5 Å². The molecule has 0 bridgehead atoms. The van der Waals surface area contributed by atoms with Gasteiger partial charge in [0.2, 0.25) is 5.95 Å². The molecule has 1 aliphatic rings. The second kappa shape index (κ2) is 4.28. The van der Waals surface area contributed by atoms with Gasteiger partial charge in [-0.25, -0.2) is 9.37 Å². The number of imidazole rings is 1. The minimum atomic E-state index is -0.370. The molecule has 18 heavy (non-hydrogen) atoms. The fourth-order valence-corrected chi connectivity index (χ4v) is 2.18. The van der Waals surface area contributed by atoms with Gasteiger partial charge >= 0.3 is 0 Å². The van der Waals surface area contributed by atoms with E-state index in [0.29, 0.717) is 17.0 Å². The normalized spacial score (nSPS) is 14.8. The second-order valence-corrected chi connectivity index (χ2v) is 4.97. The van der Waals surface area contributed by atoms with Crippen molar-refractivity contribution in [3.05, 3.63) is 40.9 Å². The van der Waals surface area contributed by atoms with Crippen LogP contribution >= 0.6 is 11.6 Å². The van der Waals surface area contributed by atoms with Crippen LogP contribution in [0.4, 0.5) is 16.0 Å². The number of aryl methyl sites for hydroxylation is 1. The van der Waals surface area contributed by atoms with Gasteiger partial charge < -0.3 is 9.88 Å². The molecule has 1 aromatic heterocycles. The van der Waals surface area contributed by atoms with Crippen LogP contribution in [0.5, 0.6) is 0 Å². The Morgan fingerprint density at radius 2 is 2.22 bits per heavy atom. The van der Waals surface area contributed by atoms with Crippen LogP contribution in [0.3, 0.4) is 0 Å². The Hall–Kier alpha value is -1.55. The van der Waals surface area contributed by atoms with Gasteiger partial charge in [0.15, 0.2) is 0 Å². The molecular formula is C13H13ClFN3. The SMILES string of the molecule is Cc1cn(C2CC2)c(Nc2c(F)cccc2Cl)n1. The van der Waals surface area contributed by atoms with E-state index in [1.165, 1.54) is 6.07 Å². The highest BCUT2D eigenvalue weighted by atomic mass is 35.5. The summed E-state index contributed by atoms with van der Waals surface area (Å²) in [7, 11) is 0. The number of aromatic nitrogens is 2. The van der Waals surface area contributed by atoms with Crippen LogP contribution in [0.1, 0.15) is 24.6 Å². The van der Waals surface area contributed by atoms with Crippen molar-refractivity contribution in [1.29, 1.82) is 0 Å². The predicted molar refractivity (Wildman–Crippen MR) is 69.9 cm³/mol. The van der Waals surface area contributed by atoms with Crippen LogP contribution in [0.25, 0.3) is 0 Å². The summed E-state index contributed by atoms with van der Waals surface area (Å²) in [5.41, 5.74) is 1.20. The van der Waals surface area contributed by atoms with Crippen molar-refractivity contribution >= 4 is 23.2 Å². The number of halogens is 2. The fraction of sp³-hybridized carbons (Fsp3) is 0.308. The molecule has 3 rings (SSSR count). The van der Waals surface area contributed by atoms with Crippen molar-refractivity contribution in [1.82, 2.24) is 9.55 Å². The third-order valence-corrected chi connectivity index (χ3v) is 3.31. The molecule has 0 spiro atoms. The molecule has 1 heterocycles. The average Bonchev–Trinajstić information content (AvgIpc) is 3.09. The Balaban J connectivity index is 1.97. The summed E-state index contributed by atoms with van der Waals surface area (Å²) < 4.78 is 15.8. The van der Waals surface area contributed by atoms with Crippen LogP contribution in [0, 0.1) is 12.7 Å². The zero-order valence-electron chi connectivity index (χ0n) is 9.95. The third-order valence-electron chi connectivity index (χ3n) is 2.99. The van der Waals surface area contributed by atoms with Gasteiger partial charge in [0.1, 0.15) is 5.82 Å². The average molecular weight is 266 g/mol. The number of nitrogens with one attached hydrogen (secondary N) is 1. The van der Waals surface area contributed by atoms with Gasteiger partial charge in [-0.15, -0.1) is 0 Å². The van der Waals surface area contributed by atoms with Crippen molar-refractivity contribution in [3.63, 3.8) is 0 Å². The maximum atomic E-state index is 13.7. The lowest BCUT2D eigenvalue weighted by atomic mass is 10.3. The van der Waals surface area contributed by atoms with Crippen LogP contribution < -0.4 is 5.32 Å². The maximum Gasteiger partial charge on any atom is 0.207 e. The minimum absolute atomic E-state index is 0.284. The van der Waals surface area contributed by atoms with Crippen LogP contribution in [-0.4, -0.2) is 9.55 Å². The molecule has 0 unspecified atom stereocenters. The Morgan fingerprint density at radius 3 is 2.89 bits per heavy atom. The molecule has 1 aromatic carbocycles. The molecular weight excluding hydrogens is 253 g/mol. The van der Waals surface area contributed by atoms with E-state index in [1.54, 1.807) is 12.1 Å². The summed E-state index contributed by atoms with van der Waals surface area (Å²) in [5.74, 6) is 0.285. The van der Waals surface area contributed by atoms with Crippen LogP contribution in [0.2, 0.25) is 5.02 Å². The molecule has 94 valence electrons. The zero-order chi connectivity index (χ0) is 12.7. The quantitative estimate of drug-likeness (QED) is 0.907. The molecule has 3 nitrogen and oxygen atoms in total. The van der Waals surface area contributed by atoms with E-state index in [2.05, 4.69) is 14.9 Å². The monoisotopic (exact) mass is 265 g/mol. The van der Waals surface area contributed by atoms with E-state index in [1.807, 2.05) is 13.1 Å². The highest BCUT2D eigenvalue weighted by Crippen LogP contribution is 2.38. The number of hydrogen-bond acceptors (Lipinski definition) is 2. The van der Waals surface area contributed by atoms with Gasteiger partial charge in [0.05, 0.1) is 16.4 Å². The Labute approximate surface area is 110 Å². The molecule has 0 radical (unpaired) electrons. The molecule has 0 aliphatic heterocycles. The van der Waals surface area contributed by atoms with Crippen LogP contribution in [-0.2, 0) is 0 Å². The highest BCUT2D eigenvalue weighted by Gasteiger charge is 2.26. The van der Waals surface area contributed by atoms with Gasteiger partial charge in [-0.05, 0) is 31.9 Å². The van der Waals surface area contributed by atoms with E-state index in [-0.39, 0.29) is 11.5 Å². The minimum Gasteiger partial charge on any atom is -0.322 e. The molecule has 1 saturated carbocycles. The largest absolute Gasteiger partial charge is 0.322 e. The summed E-state index contributed by atoms with van der Waals surface area (Å²) in [6.07, 6.45) is 4.28. The Kier molecular flexibility index (Phi) is 2.74. The molecule has 0 amide bonds. The van der Waals surface area contributed by atoms with Crippen molar-refractivity contribution in [2.45, 2.75) is 25.8 Å². The van der Waals surface area contributed by atoms with Gasteiger partial charge in [-0.1, -0.05) is 17.7 Å². The smallest absolute Gasteiger partial charge is 0.207 e. The molecule has 0 atom stereocenters. The number of nitrogens with zero attached hydrogens (tertiary/aromatic N) is 2. The summed E-state index contributed by atoms with van der Waals surface area (Å²) in [4.78, 5) is 4.38. The summed E-state index contributed by atoms with van der Waals surface area (Å²) >= 11 is 5.99. The first kappa shape index (κ1) is 11.5. The first-order valence-electron chi connectivity index (χ1n) is 5.91. The molecule has 1 aliphatic carbocycles. The van der Waals surface area contributed by atoms with Gasteiger partial charge in [-0.3, -0.25) is 0 Å². The van der Waals surface area contributed by atoms with E-state index in [4.69, 9.17) is 11.6 Å². The van der Waals surface area contributed by atoms with E-state index >= 15 is 0 Å². The molecule has 1 fully saturated rings. The summed E-state index contributed by atoms with van der Waals surface area (Å²) in [6, 6.07) is 5.11. The number of rotatable bonds is 3. The second-order valence-electron chi connectivity index (χ2n) is 4.57. The molecule has 5 heteroatoms. The highest BCUT2D eigenvalue weighted by molar-refractivity contribution is 6.33. The standard InChI is InChI=1S/C13H13ClFN3/c1-8-7-18(9-5-6-9)13(16-8)17-12-10(14)3-2-4-11(12)15/h2-4,7,9H,5-6H2,1H3,(H,16,17). The third kappa shape index (κ3) is 2.08. The number of para-hydroxylation sites is 1. The van der Waals surface area contributed by atoms with Crippen LogP contribution in [0.15, 0.2) is 24.4 Å². The first-order chi connectivity index (χ1) is 8.65. The lowest BCUT2D eigenvalue weighted by Gasteiger charge is -2.10. The Morgan fingerprint density at radius 1 is 1.44 bits per heavy atom. The van der Waals surface area contributed by atoms with Gasteiger partial charge in [-0.2, -0.15) is 0 Å². The Bertz CT molecular complexity index is 570. The first-order valence-corrected chi connectivity index (χ1v) is 6.29. The molecule has 0 saturated heterocycles. The molecule has 1 N–H and O–H groups in total. The van der Waals surface area contributed by atoms with Gasteiger partial charge in [0, 0.05) is 12.2 Å². The summed E-state index contributed by atoms with van der Waals surface area (Å²) in [5, 5.41) is 3.36. The fourth-order valence-electron chi connectivity index (χ4n) is 1.97. The number of hydrogen-bond donors (Lipinski definition) is 1.